The van der Waals surface area contributed by atoms with Gasteiger partial charge in [-0.25, -0.2) is 4.79 Å². The molecule has 33 heavy (non-hydrogen) atoms. The second kappa shape index (κ2) is 9.32. The molecule has 5 rings (SSSR count). The van der Waals surface area contributed by atoms with Crippen molar-refractivity contribution < 1.29 is 23.7 Å². The Hall–Kier alpha value is -3.87. The van der Waals surface area contributed by atoms with Crippen LogP contribution in [-0.2, 0) is 4.74 Å². The molecule has 3 aromatic carbocycles. The first kappa shape index (κ1) is 21.0. The molecule has 1 amide bonds. The number of benzene rings is 3. The molecule has 0 aliphatic carbocycles. The van der Waals surface area contributed by atoms with E-state index in [0.29, 0.717) is 44.2 Å². The van der Waals surface area contributed by atoms with Crippen LogP contribution in [0.5, 0.6) is 17.2 Å². The molecule has 7 nitrogen and oxygen atoms in total. The summed E-state index contributed by atoms with van der Waals surface area (Å²) in [5.41, 5.74) is 2.15. The molecule has 170 valence electrons. The molecule has 1 N–H and O–H groups in total. The van der Waals surface area contributed by atoms with Crippen LogP contribution >= 0.6 is 0 Å². The number of nitrogens with one attached hydrogen (secondary N) is 1. The standard InChI is InChI=1S/C26H26N2O5/c1-30-24-8-4-5-9-25(24)32-15-13-28-17-19(33-26(28)29)12-14-31-18-10-11-21-20-6-2-3-7-22(20)27-23(21)16-18/h2-11,16,19,27H,12-15,17H2,1H3. The molecule has 1 saturated heterocycles. The number of rotatable bonds is 9. The van der Waals surface area contributed by atoms with Gasteiger partial charge in [0.15, 0.2) is 11.5 Å². The number of para-hydroxylation sites is 3. The van der Waals surface area contributed by atoms with E-state index < -0.39 is 0 Å². The van der Waals surface area contributed by atoms with Crippen molar-refractivity contribution in [2.45, 2.75) is 12.5 Å². The zero-order chi connectivity index (χ0) is 22.6. The number of carbonyl (C=O) groups excluding carboxylic acids is 1. The quantitative estimate of drug-likeness (QED) is 0.392. The minimum Gasteiger partial charge on any atom is -0.493 e. The number of hydrogen-bond acceptors (Lipinski definition) is 5. The summed E-state index contributed by atoms with van der Waals surface area (Å²) in [7, 11) is 1.60. The highest BCUT2D eigenvalue weighted by molar-refractivity contribution is 6.07. The molecule has 0 spiro atoms. The lowest BCUT2D eigenvalue weighted by molar-refractivity contribution is 0.119. The summed E-state index contributed by atoms with van der Waals surface area (Å²) in [4.78, 5) is 17.3. The lowest BCUT2D eigenvalue weighted by Gasteiger charge is -2.15. The number of carbonyl (C=O) groups is 1. The predicted molar refractivity (Wildman–Crippen MR) is 126 cm³/mol. The Bertz CT molecular complexity index is 1270. The van der Waals surface area contributed by atoms with Crippen molar-refractivity contribution in [3.63, 3.8) is 0 Å². The van der Waals surface area contributed by atoms with Gasteiger partial charge in [0.2, 0.25) is 0 Å². The maximum atomic E-state index is 12.2. The molecule has 1 atom stereocenters. The maximum Gasteiger partial charge on any atom is 0.410 e. The second-order valence-electron chi connectivity index (χ2n) is 7.97. The number of aromatic amines is 1. The highest BCUT2D eigenvalue weighted by Crippen LogP contribution is 2.28. The van der Waals surface area contributed by atoms with Crippen molar-refractivity contribution >= 4 is 27.9 Å². The lowest BCUT2D eigenvalue weighted by atomic mass is 10.1. The molecular weight excluding hydrogens is 420 g/mol. The Kier molecular flexibility index (Phi) is 5.93. The van der Waals surface area contributed by atoms with Crippen LogP contribution in [-0.4, -0.2) is 55.5 Å². The van der Waals surface area contributed by atoms with Crippen molar-refractivity contribution in [3.8, 4) is 17.2 Å². The zero-order valence-electron chi connectivity index (χ0n) is 18.5. The average Bonchev–Trinajstić information content (AvgIpc) is 3.38. The lowest BCUT2D eigenvalue weighted by Crippen LogP contribution is -2.30. The van der Waals surface area contributed by atoms with Gasteiger partial charge in [0.25, 0.3) is 0 Å². The fourth-order valence-electron chi connectivity index (χ4n) is 4.14. The molecule has 1 aromatic heterocycles. The summed E-state index contributed by atoms with van der Waals surface area (Å²) in [6.45, 7) is 1.81. The molecule has 1 fully saturated rings. The number of methoxy groups -OCH3 is 1. The zero-order valence-corrected chi connectivity index (χ0v) is 18.5. The Morgan fingerprint density at radius 3 is 2.61 bits per heavy atom. The van der Waals surface area contributed by atoms with E-state index in [1.165, 1.54) is 10.8 Å². The van der Waals surface area contributed by atoms with Crippen LogP contribution in [0.3, 0.4) is 0 Å². The van der Waals surface area contributed by atoms with E-state index in [4.69, 9.17) is 18.9 Å². The van der Waals surface area contributed by atoms with Crippen LogP contribution in [0.25, 0.3) is 21.8 Å². The highest BCUT2D eigenvalue weighted by Gasteiger charge is 2.30. The molecule has 0 saturated carbocycles. The average molecular weight is 447 g/mol. The van der Waals surface area contributed by atoms with E-state index in [0.717, 1.165) is 16.8 Å². The van der Waals surface area contributed by atoms with Gasteiger partial charge in [0.05, 0.1) is 32.3 Å². The summed E-state index contributed by atoms with van der Waals surface area (Å²) in [5.74, 6) is 2.12. The van der Waals surface area contributed by atoms with E-state index in [9.17, 15) is 4.79 Å². The molecule has 1 aliphatic rings. The number of fused-ring (bicyclic) bond motifs is 3. The third-order valence-electron chi connectivity index (χ3n) is 5.82. The van der Waals surface area contributed by atoms with Crippen molar-refractivity contribution in [1.82, 2.24) is 9.88 Å². The fraction of sp³-hybridized carbons (Fsp3) is 0.269. The Morgan fingerprint density at radius 1 is 0.939 bits per heavy atom. The van der Waals surface area contributed by atoms with Crippen LogP contribution in [0.15, 0.2) is 66.7 Å². The molecule has 0 bridgehead atoms. The minimum absolute atomic E-state index is 0.194. The summed E-state index contributed by atoms with van der Waals surface area (Å²) >= 11 is 0. The maximum absolute atomic E-state index is 12.2. The largest absolute Gasteiger partial charge is 0.493 e. The van der Waals surface area contributed by atoms with E-state index in [1.54, 1.807) is 12.0 Å². The number of amides is 1. The monoisotopic (exact) mass is 446 g/mol. The second-order valence-corrected chi connectivity index (χ2v) is 7.97. The van der Waals surface area contributed by atoms with Crippen LogP contribution in [0.4, 0.5) is 4.79 Å². The Morgan fingerprint density at radius 2 is 1.73 bits per heavy atom. The van der Waals surface area contributed by atoms with Gasteiger partial charge in [0, 0.05) is 28.8 Å². The summed E-state index contributed by atoms with van der Waals surface area (Å²) in [6.07, 6.45) is 0.115. The molecular formula is C26H26N2O5. The fourth-order valence-corrected chi connectivity index (χ4v) is 4.14. The van der Waals surface area contributed by atoms with Crippen molar-refractivity contribution in [3.05, 3.63) is 66.7 Å². The van der Waals surface area contributed by atoms with Gasteiger partial charge in [-0.05, 0) is 30.3 Å². The van der Waals surface area contributed by atoms with Crippen molar-refractivity contribution in [1.29, 1.82) is 0 Å². The first-order valence-electron chi connectivity index (χ1n) is 11.1. The number of ether oxygens (including phenoxy) is 4. The number of hydrogen-bond donors (Lipinski definition) is 1. The third-order valence-corrected chi connectivity index (χ3v) is 5.82. The normalized spacial score (nSPS) is 15.7. The molecule has 2 heterocycles. The third kappa shape index (κ3) is 4.53. The van der Waals surface area contributed by atoms with Crippen molar-refractivity contribution in [2.75, 3.05) is 33.4 Å². The number of H-pyrrole nitrogens is 1. The first-order chi connectivity index (χ1) is 16.2. The SMILES string of the molecule is COc1ccccc1OCCN1CC(CCOc2ccc3c(c2)[nH]c2ccccc23)OC1=O. The highest BCUT2D eigenvalue weighted by atomic mass is 16.6. The van der Waals surface area contributed by atoms with Crippen molar-refractivity contribution in [2.24, 2.45) is 0 Å². The van der Waals surface area contributed by atoms with Crippen LogP contribution in [0, 0.1) is 0 Å². The molecule has 4 aromatic rings. The van der Waals surface area contributed by atoms with Gasteiger partial charge in [0.1, 0.15) is 18.5 Å². The molecule has 1 unspecified atom stereocenters. The van der Waals surface area contributed by atoms with Crippen LogP contribution in [0.1, 0.15) is 6.42 Å². The number of aromatic nitrogens is 1. The van der Waals surface area contributed by atoms with Gasteiger partial charge < -0.3 is 28.8 Å². The minimum atomic E-state index is -0.317. The number of cyclic esters (lactones) is 1. The summed E-state index contributed by atoms with van der Waals surface area (Å²) < 4.78 is 22.5. The number of nitrogens with zero attached hydrogens (tertiary/aromatic N) is 1. The topological polar surface area (TPSA) is 73.0 Å². The Balaban J connectivity index is 1.10. The van der Waals surface area contributed by atoms with Gasteiger partial charge in [-0.2, -0.15) is 0 Å². The first-order valence-corrected chi connectivity index (χ1v) is 11.1. The smallest absolute Gasteiger partial charge is 0.410 e. The van der Waals surface area contributed by atoms with Crippen LogP contribution in [0.2, 0.25) is 0 Å². The summed E-state index contributed by atoms with van der Waals surface area (Å²) in [5, 5.41) is 2.38. The summed E-state index contributed by atoms with van der Waals surface area (Å²) in [6, 6.07) is 21.7. The predicted octanol–water partition coefficient (Wildman–Crippen LogP) is 5.00. The molecule has 0 radical (unpaired) electrons. The van der Waals surface area contributed by atoms with E-state index >= 15 is 0 Å². The van der Waals surface area contributed by atoms with E-state index in [-0.39, 0.29) is 12.2 Å². The molecule has 1 aliphatic heterocycles. The molecule has 7 heteroatoms. The van der Waals surface area contributed by atoms with Gasteiger partial charge in [-0.1, -0.05) is 30.3 Å². The Labute approximate surface area is 191 Å². The van der Waals surface area contributed by atoms with Crippen LogP contribution < -0.4 is 14.2 Å². The van der Waals surface area contributed by atoms with E-state index in [1.807, 2.05) is 48.5 Å². The van der Waals surface area contributed by atoms with Gasteiger partial charge in [-0.3, -0.25) is 0 Å². The van der Waals surface area contributed by atoms with Gasteiger partial charge >= 0.3 is 6.09 Å². The van der Waals surface area contributed by atoms with Gasteiger partial charge in [-0.15, -0.1) is 0 Å². The van der Waals surface area contributed by atoms with E-state index in [2.05, 4.69) is 23.2 Å².